The lowest BCUT2D eigenvalue weighted by molar-refractivity contribution is -0.137. The second kappa shape index (κ2) is 5.14. The van der Waals surface area contributed by atoms with E-state index in [-0.39, 0.29) is 12.8 Å². The van der Waals surface area contributed by atoms with Gasteiger partial charge in [0.2, 0.25) is 6.43 Å². The molecule has 0 saturated heterocycles. The number of unbranched alkanes of at least 4 members (excludes halogenated alkanes) is 1. The molecule has 0 amide bonds. The topological polar surface area (TPSA) is 37.3 Å². The first-order valence-electron chi connectivity index (χ1n) is 3.13. The molecule has 0 aromatic carbocycles. The standard InChI is InChI=1S/C6H10F2O2/c7-5(8)3-1-2-4-6(9)10/h5H,1-4H2,(H,9,10). The molecule has 0 radical (unpaired) electrons. The van der Waals surface area contributed by atoms with Crippen LogP contribution in [0.15, 0.2) is 0 Å². The first kappa shape index (κ1) is 9.33. The summed E-state index contributed by atoms with van der Waals surface area (Å²) in [5.74, 6) is -0.922. The number of hydrogen-bond donors (Lipinski definition) is 1. The van der Waals surface area contributed by atoms with Crippen LogP contribution in [-0.4, -0.2) is 17.5 Å². The number of hydrogen-bond acceptors (Lipinski definition) is 1. The summed E-state index contributed by atoms with van der Waals surface area (Å²) in [7, 11) is 0. The molecule has 0 rings (SSSR count). The zero-order valence-corrected chi connectivity index (χ0v) is 5.52. The SMILES string of the molecule is O=C(O)CCCCC(F)F. The van der Waals surface area contributed by atoms with E-state index >= 15 is 0 Å². The van der Waals surface area contributed by atoms with Crippen LogP contribution in [0.4, 0.5) is 8.78 Å². The molecule has 1 N–H and O–H groups in total. The molecule has 4 heteroatoms. The molecule has 0 heterocycles. The first-order valence-corrected chi connectivity index (χ1v) is 3.13. The van der Waals surface area contributed by atoms with Crippen molar-refractivity contribution in [3.05, 3.63) is 0 Å². The molecule has 0 aliphatic heterocycles. The van der Waals surface area contributed by atoms with Crippen LogP contribution >= 0.6 is 0 Å². The van der Waals surface area contributed by atoms with E-state index in [1.807, 2.05) is 0 Å². The maximum atomic E-state index is 11.4. The number of alkyl halides is 2. The molecular weight excluding hydrogens is 142 g/mol. The molecule has 0 aliphatic carbocycles. The van der Waals surface area contributed by atoms with Crippen molar-refractivity contribution < 1.29 is 18.7 Å². The van der Waals surface area contributed by atoms with Crippen LogP contribution in [0.1, 0.15) is 25.7 Å². The van der Waals surface area contributed by atoms with Crippen molar-refractivity contribution in [2.75, 3.05) is 0 Å². The summed E-state index contributed by atoms with van der Waals surface area (Å²) < 4.78 is 22.8. The summed E-state index contributed by atoms with van der Waals surface area (Å²) in [4.78, 5) is 9.86. The van der Waals surface area contributed by atoms with E-state index in [2.05, 4.69) is 0 Å². The van der Waals surface area contributed by atoms with Crippen molar-refractivity contribution in [1.82, 2.24) is 0 Å². The van der Waals surface area contributed by atoms with Crippen molar-refractivity contribution in [2.24, 2.45) is 0 Å². The minimum absolute atomic E-state index is 0.00722. The Kier molecular flexibility index (Phi) is 4.80. The predicted molar refractivity (Wildman–Crippen MR) is 32.1 cm³/mol. The van der Waals surface area contributed by atoms with Crippen LogP contribution < -0.4 is 0 Å². The Morgan fingerprint density at radius 2 is 2.00 bits per heavy atom. The van der Waals surface area contributed by atoms with Gasteiger partial charge in [-0.15, -0.1) is 0 Å². The summed E-state index contributed by atoms with van der Waals surface area (Å²) in [5.41, 5.74) is 0. The lowest BCUT2D eigenvalue weighted by Crippen LogP contribution is -1.95. The maximum Gasteiger partial charge on any atom is 0.303 e. The van der Waals surface area contributed by atoms with Gasteiger partial charge < -0.3 is 5.11 Å². The van der Waals surface area contributed by atoms with E-state index in [0.717, 1.165) is 0 Å². The van der Waals surface area contributed by atoms with Gasteiger partial charge in [-0.25, -0.2) is 8.78 Å². The highest BCUT2D eigenvalue weighted by Crippen LogP contribution is 2.06. The quantitative estimate of drug-likeness (QED) is 0.611. The zero-order valence-electron chi connectivity index (χ0n) is 5.52. The lowest BCUT2D eigenvalue weighted by atomic mass is 10.2. The van der Waals surface area contributed by atoms with Crippen LogP contribution in [0.25, 0.3) is 0 Å². The summed E-state index contributed by atoms with van der Waals surface area (Å²) in [6.45, 7) is 0. The van der Waals surface area contributed by atoms with Crippen molar-refractivity contribution >= 4 is 5.97 Å². The average Bonchev–Trinajstić information content (AvgIpc) is 1.79. The molecule has 0 spiro atoms. The largest absolute Gasteiger partial charge is 0.481 e. The van der Waals surface area contributed by atoms with Crippen molar-refractivity contribution in [3.8, 4) is 0 Å². The molecule has 0 atom stereocenters. The fraction of sp³-hybridized carbons (Fsp3) is 0.833. The monoisotopic (exact) mass is 152 g/mol. The Labute approximate surface area is 57.9 Å². The number of halogens is 2. The van der Waals surface area contributed by atoms with Gasteiger partial charge in [-0.2, -0.15) is 0 Å². The number of rotatable bonds is 5. The molecule has 0 aliphatic rings. The number of carboxylic acid groups (broad SMARTS) is 1. The lowest BCUT2D eigenvalue weighted by Gasteiger charge is -1.95. The van der Waals surface area contributed by atoms with Crippen LogP contribution in [0.3, 0.4) is 0 Å². The summed E-state index contributed by atoms with van der Waals surface area (Å²) >= 11 is 0. The molecule has 0 unspecified atom stereocenters. The summed E-state index contributed by atoms with van der Waals surface area (Å²) in [6.07, 6.45) is -1.85. The number of aliphatic carboxylic acids is 1. The summed E-state index contributed by atoms with van der Waals surface area (Å²) in [6, 6.07) is 0. The van der Waals surface area contributed by atoms with Gasteiger partial charge >= 0.3 is 5.97 Å². The highest BCUT2D eigenvalue weighted by molar-refractivity contribution is 5.66. The second-order valence-electron chi connectivity index (χ2n) is 2.03. The van der Waals surface area contributed by atoms with Crippen LogP contribution in [0.5, 0.6) is 0 Å². The Morgan fingerprint density at radius 3 is 2.40 bits per heavy atom. The van der Waals surface area contributed by atoms with E-state index in [0.29, 0.717) is 12.8 Å². The van der Waals surface area contributed by atoms with Gasteiger partial charge in [0.1, 0.15) is 0 Å². The first-order chi connectivity index (χ1) is 4.63. The van der Waals surface area contributed by atoms with Crippen LogP contribution in [0, 0.1) is 0 Å². The van der Waals surface area contributed by atoms with Crippen molar-refractivity contribution in [1.29, 1.82) is 0 Å². The molecule has 10 heavy (non-hydrogen) atoms. The molecule has 2 nitrogen and oxygen atoms in total. The molecular formula is C6H10F2O2. The van der Waals surface area contributed by atoms with Crippen molar-refractivity contribution in [2.45, 2.75) is 32.1 Å². The third-order valence-electron chi connectivity index (χ3n) is 1.06. The Morgan fingerprint density at radius 1 is 1.40 bits per heavy atom. The average molecular weight is 152 g/mol. The number of carboxylic acids is 1. The van der Waals surface area contributed by atoms with Gasteiger partial charge in [-0.05, 0) is 12.8 Å². The fourth-order valence-electron chi connectivity index (χ4n) is 0.575. The van der Waals surface area contributed by atoms with Gasteiger partial charge in [0.05, 0.1) is 0 Å². The summed E-state index contributed by atoms with van der Waals surface area (Å²) in [5, 5.41) is 8.09. The van der Waals surface area contributed by atoms with Gasteiger partial charge in [-0.1, -0.05) is 0 Å². The zero-order chi connectivity index (χ0) is 7.98. The smallest absolute Gasteiger partial charge is 0.303 e. The van der Waals surface area contributed by atoms with Gasteiger partial charge in [0, 0.05) is 12.8 Å². The fourth-order valence-corrected chi connectivity index (χ4v) is 0.575. The molecule has 0 aromatic heterocycles. The minimum atomic E-state index is -2.30. The maximum absolute atomic E-state index is 11.4. The van der Waals surface area contributed by atoms with Crippen molar-refractivity contribution in [3.63, 3.8) is 0 Å². The van der Waals surface area contributed by atoms with E-state index < -0.39 is 12.4 Å². The van der Waals surface area contributed by atoms with Crippen LogP contribution in [0.2, 0.25) is 0 Å². The third-order valence-corrected chi connectivity index (χ3v) is 1.06. The normalized spacial score (nSPS) is 10.3. The predicted octanol–water partition coefficient (Wildman–Crippen LogP) is 1.90. The molecule has 0 bridgehead atoms. The van der Waals surface area contributed by atoms with Gasteiger partial charge in [0.25, 0.3) is 0 Å². The number of carbonyl (C=O) groups is 1. The molecule has 60 valence electrons. The molecule has 0 aromatic rings. The highest BCUT2D eigenvalue weighted by Gasteiger charge is 2.02. The second-order valence-corrected chi connectivity index (χ2v) is 2.03. The highest BCUT2D eigenvalue weighted by atomic mass is 19.3. The minimum Gasteiger partial charge on any atom is -0.481 e. The third kappa shape index (κ3) is 7.33. The van der Waals surface area contributed by atoms with Gasteiger partial charge in [-0.3, -0.25) is 4.79 Å². The van der Waals surface area contributed by atoms with E-state index in [9.17, 15) is 13.6 Å². The Balaban J connectivity index is 2.98. The Bertz CT molecular complexity index is 104. The van der Waals surface area contributed by atoms with Crippen LogP contribution in [-0.2, 0) is 4.79 Å². The van der Waals surface area contributed by atoms with E-state index in [1.165, 1.54) is 0 Å². The van der Waals surface area contributed by atoms with Gasteiger partial charge in [0.15, 0.2) is 0 Å². The van der Waals surface area contributed by atoms with E-state index in [1.54, 1.807) is 0 Å². The Hall–Kier alpha value is -0.670. The molecule has 0 saturated carbocycles. The molecule has 0 fully saturated rings. The van der Waals surface area contributed by atoms with E-state index in [4.69, 9.17) is 5.11 Å².